The van der Waals surface area contributed by atoms with E-state index in [-0.39, 0.29) is 22.8 Å². The van der Waals surface area contributed by atoms with E-state index in [1.807, 2.05) is 0 Å². The van der Waals surface area contributed by atoms with Crippen LogP contribution in [0.2, 0.25) is 0 Å². The highest BCUT2D eigenvalue weighted by atomic mass is 32.2. The molecule has 2 rings (SSSR count). The molecule has 1 aromatic carbocycles. The summed E-state index contributed by atoms with van der Waals surface area (Å²) in [5.41, 5.74) is 0.962. The van der Waals surface area contributed by atoms with Gasteiger partial charge < -0.3 is 10.2 Å². The number of nitrogens with zero attached hydrogens (tertiary/aromatic N) is 1. The maximum absolute atomic E-state index is 12.3. The summed E-state index contributed by atoms with van der Waals surface area (Å²) in [5, 5.41) is 2.92. The maximum Gasteiger partial charge on any atom is 0.251 e. The smallest absolute Gasteiger partial charge is 0.251 e. The molecule has 126 valence electrons. The van der Waals surface area contributed by atoms with E-state index in [4.69, 9.17) is 0 Å². The first-order valence-corrected chi connectivity index (χ1v) is 9.44. The second kappa shape index (κ2) is 6.70. The van der Waals surface area contributed by atoms with Crippen LogP contribution in [0.15, 0.2) is 23.1 Å². The maximum atomic E-state index is 12.3. The van der Waals surface area contributed by atoms with E-state index in [1.165, 1.54) is 13.0 Å². The molecule has 0 aliphatic carbocycles. The third kappa shape index (κ3) is 4.31. The zero-order chi connectivity index (χ0) is 17.2. The van der Waals surface area contributed by atoms with Gasteiger partial charge in [-0.2, -0.15) is 0 Å². The number of sulfone groups is 1. The number of amides is 2. The second-order valence-corrected chi connectivity index (χ2v) is 7.99. The monoisotopic (exact) mass is 338 g/mol. The molecule has 7 heteroatoms. The van der Waals surface area contributed by atoms with E-state index in [1.54, 1.807) is 24.0 Å². The number of carbonyl (C=O) groups excluding carboxylic acids is 2. The van der Waals surface area contributed by atoms with Crippen molar-refractivity contribution in [2.24, 2.45) is 0 Å². The van der Waals surface area contributed by atoms with Crippen LogP contribution in [0.4, 0.5) is 0 Å². The van der Waals surface area contributed by atoms with Crippen molar-refractivity contribution in [1.29, 1.82) is 0 Å². The molecule has 0 aromatic heterocycles. The van der Waals surface area contributed by atoms with E-state index in [2.05, 4.69) is 5.32 Å². The van der Waals surface area contributed by atoms with Crippen LogP contribution in [0, 0.1) is 6.92 Å². The molecule has 0 bridgehead atoms. The first-order chi connectivity index (χ1) is 10.7. The van der Waals surface area contributed by atoms with Crippen molar-refractivity contribution >= 4 is 21.7 Å². The number of aryl methyl sites for hydroxylation is 1. The van der Waals surface area contributed by atoms with Crippen molar-refractivity contribution in [2.75, 3.05) is 19.3 Å². The lowest BCUT2D eigenvalue weighted by Crippen LogP contribution is -2.46. The zero-order valence-electron chi connectivity index (χ0n) is 13.6. The normalized spacial score (nSPS) is 16.2. The van der Waals surface area contributed by atoms with E-state index < -0.39 is 9.84 Å². The molecule has 2 amide bonds. The van der Waals surface area contributed by atoms with Crippen LogP contribution in [-0.4, -0.2) is 50.5 Å². The Labute approximate surface area is 136 Å². The predicted octanol–water partition coefficient (Wildman–Crippen LogP) is 1.14. The third-order valence-corrected chi connectivity index (χ3v) is 5.36. The van der Waals surface area contributed by atoms with E-state index >= 15 is 0 Å². The molecule has 1 aliphatic rings. The van der Waals surface area contributed by atoms with E-state index in [9.17, 15) is 18.0 Å². The van der Waals surface area contributed by atoms with Crippen molar-refractivity contribution in [3.63, 3.8) is 0 Å². The largest absolute Gasteiger partial charge is 0.349 e. The van der Waals surface area contributed by atoms with Crippen molar-refractivity contribution in [2.45, 2.75) is 37.6 Å². The Morgan fingerprint density at radius 3 is 2.35 bits per heavy atom. The average molecular weight is 338 g/mol. The molecular formula is C16H22N2O4S. The van der Waals surface area contributed by atoms with Crippen molar-refractivity contribution < 1.29 is 18.0 Å². The highest BCUT2D eigenvalue weighted by Gasteiger charge is 2.23. The Bertz CT molecular complexity index is 720. The van der Waals surface area contributed by atoms with Crippen LogP contribution >= 0.6 is 0 Å². The van der Waals surface area contributed by atoms with E-state index in [0.29, 0.717) is 37.1 Å². The molecule has 1 N–H and O–H groups in total. The van der Waals surface area contributed by atoms with Crippen LogP contribution in [0.3, 0.4) is 0 Å². The highest BCUT2D eigenvalue weighted by Crippen LogP contribution is 2.18. The van der Waals surface area contributed by atoms with Gasteiger partial charge in [0, 0.05) is 37.9 Å². The molecule has 1 heterocycles. The standard InChI is InChI=1S/C16H22N2O4S/c1-11-4-5-13(10-15(11)23(3,21)22)16(20)17-14-6-8-18(9-7-14)12(2)19/h4-5,10,14H,6-9H2,1-3H3,(H,17,20). The quantitative estimate of drug-likeness (QED) is 0.896. The van der Waals surface area contributed by atoms with Gasteiger partial charge in [-0.05, 0) is 37.5 Å². The second-order valence-electron chi connectivity index (χ2n) is 6.01. The van der Waals surface area contributed by atoms with Crippen molar-refractivity contribution in [1.82, 2.24) is 10.2 Å². The van der Waals surface area contributed by atoms with Gasteiger partial charge in [-0.15, -0.1) is 0 Å². The number of carbonyl (C=O) groups is 2. The SMILES string of the molecule is CC(=O)N1CCC(NC(=O)c2ccc(C)c(S(C)(=O)=O)c2)CC1. The molecule has 0 saturated carbocycles. The summed E-state index contributed by atoms with van der Waals surface area (Å²) in [6.07, 6.45) is 2.54. The van der Waals surface area contributed by atoms with Crippen LogP contribution in [0.5, 0.6) is 0 Å². The molecule has 0 unspecified atom stereocenters. The Balaban J connectivity index is 2.06. The summed E-state index contributed by atoms with van der Waals surface area (Å²) in [5.74, 6) is -0.234. The van der Waals surface area contributed by atoms with Gasteiger partial charge in [-0.25, -0.2) is 8.42 Å². The number of hydrogen-bond donors (Lipinski definition) is 1. The number of benzene rings is 1. The minimum atomic E-state index is -3.36. The van der Waals surface area contributed by atoms with Crippen LogP contribution in [-0.2, 0) is 14.6 Å². The van der Waals surface area contributed by atoms with Crippen molar-refractivity contribution in [3.8, 4) is 0 Å². The molecule has 1 aliphatic heterocycles. The Morgan fingerprint density at radius 1 is 1.22 bits per heavy atom. The fraction of sp³-hybridized carbons (Fsp3) is 0.500. The molecule has 0 spiro atoms. The minimum Gasteiger partial charge on any atom is -0.349 e. The summed E-state index contributed by atoms with van der Waals surface area (Å²) < 4.78 is 23.5. The van der Waals surface area contributed by atoms with Gasteiger partial charge >= 0.3 is 0 Å². The van der Waals surface area contributed by atoms with Gasteiger partial charge in [-0.3, -0.25) is 9.59 Å². The van der Waals surface area contributed by atoms with Gasteiger partial charge in [0.15, 0.2) is 9.84 Å². The summed E-state index contributed by atoms with van der Waals surface area (Å²) in [7, 11) is -3.36. The number of hydrogen-bond acceptors (Lipinski definition) is 4. The molecule has 6 nitrogen and oxygen atoms in total. The molecular weight excluding hydrogens is 316 g/mol. The summed E-state index contributed by atoms with van der Waals surface area (Å²) >= 11 is 0. The molecule has 0 radical (unpaired) electrons. The van der Waals surface area contributed by atoms with Gasteiger partial charge in [0.1, 0.15) is 0 Å². The van der Waals surface area contributed by atoms with Gasteiger partial charge in [0.25, 0.3) is 5.91 Å². The van der Waals surface area contributed by atoms with Crippen LogP contribution < -0.4 is 5.32 Å². The number of nitrogens with one attached hydrogen (secondary N) is 1. The van der Waals surface area contributed by atoms with E-state index in [0.717, 1.165) is 6.26 Å². The molecule has 1 saturated heterocycles. The third-order valence-electron chi connectivity index (χ3n) is 4.13. The Hall–Kier alpha value is -1.89. The van der Waals surface area contributed by atoms with Crippen LogP contribution in [0.25, 0.3) is 0 Å². The van der Waals surface area contributed by atoms with Gasteiger partial charge in [0.05, 0.1) is 4.90 Å². The Morgan fingerprint density at radius 2 is 1.83 bits per heavy atom. The molecule has 0 atom stereocenters. The summed E-state index contributed by atoms with van der Waals surface area (Å²) in [4.78, 5) is 25.6. The molecule has 23 heavy (non-hydrogen) atoms. The lowest BCUT2D eigenvalue weighted by molar-refractivity contribution is -0.129. The average Bonchev–Trinajstić information content (AvgIpc) is 2.47. The Kier molecular flexibility index (Phi) is 5.09. The minimum absolute atomic E-state index is 0.00101. The zero-order valence-corrected chi connectivity index (χ0v) is 14.4. The predicted molar refractivity (Wildman–Crippen MR) is 87.0 cm³/mol. The summed E-state index contributed by atoms with van der Waals surface area (Å²) in [6.45, 7) is 4.50. The number of rotatable bonds is 3. The molecule has 1 fully saturated rings. The topological polar surface area (TPSA) is 83.6 Å². The fourth-order valence-corrected chi connectivity index (χ4v) is 3.74. The lowest BCUT2D eigenvalue weighted by Gasteiger charge is -2.31. The lowest BCUT2D eigenvalue weighted by atomic mass is 10.0. The summed E-state index contributed by atoms with van der Waals surface area (Å²) in [6, 6.07) is 4.69. The fourth-order valence-electron chi connectivity index (χ4n) is 2.75. The van der Waals surface area contributed by atoms with Crippen molar-refractivity contribution in [3.05, 3.63) is 29.3 Å². The number of likely N-dealkylation sites (tertiary alicyclic amines) is 1. The van der Waals surface area contributed by atoms with Crippen LogP contribution in [0.1, 0.15) is 35.7 Å². The van der Waals surface area contributed by atoms with Gasteiger partial charge in [0.2, 0.25) is 5.91 Å². The first kappa shape index (κ1) is 17.5. The van der Waals surface area contributed by atoms with Gasteiger partial charge in [-0.1, -0.05) is 6.07 Å². The first-order valence-electron chi connectivity index (χ1n) is 7.55. The number of piperidine rings is 1. The molecule has 1 aromatic rings. The highest BCUT2D eigenvalue weighted by molar-refractivity contribution is 7.90.